The first-order valence-electron chi connectivity index (χ1n) is 9.08. The molecule has 0 N–H and O–H groups in total. The fourth-order valence-corrected chi connectivity index (χ4v) is 4.09. The summed E-state index contributed by atoms with van der Waals surface area (Å²) in [7, 11) is 0. The molecule has 1 heterocycles. The van der Waals surface area contributed by atoms with Crippen molar-refractivity contribution in [2.24, 2.45) is 10.9 Å². The third kappa shape index (κ3) is 4.49. The van der Waals surface area contributed by atoms with Gasteiger partial charge < -0.3 is 4.74 Å². The normalized spacial score (nSPS) is 25.2. The van der Waals surface area contributed by atoms with Crippen LogP contribution in [-0.2, 0) is 14.3 Å². The van der Waals surface area contributed by atoms with E-state index >= 15 is 0 Å². The highest BCUT2D eigenvalue weighted by Gasteiger charge is 2.39. The molecule has 1 amide bonds. The van der Waals surface area contributed by atoms with Crippen molar-refractivity contribution < 1.29 is 14.3 Å². The molecule has 1 saturated carbocycles. The maximum absolute atomic E-state index is 12.9. The van der Waals surface area contributed by atoms with E-state index in [2.05, 4.69) is 4.99 Å². The Morgan fingerprint density at radius 3 is 2.60 bits per heavy atom. The van der Waals surface area contributed by atoms with Crippen molar-refractivity contribution in [1.29, 1.82) is 0 Å². The lowest BCUT2D eigenvalue weighted by atomic mass is 9.79. The fraction of sp³-hybridized carbons (Fsp3) is 0.550. The molecule has 0 aromatic heterocycles. The molecule has 5 heteroatoms. The van der Waals surface area contributed by atoms with Crippen LogP contribution in [0.3, 0.4) is 0 Å². The number of rotatable bonds is 3. The summed E-state index contributed by atoms with van der Waals surface area (Å²) < 4.78 is 5.83. The SMILES string of the molecule is CC1=NC(=O)CC(c2cccc(Cl)c2)C1C(=O)OC1CCCCCC1. The Bertz CT molecular complexity index is 677. The molecule has 2 unspecified atom stereocenters. The predicted molar refractivity (Wildman–Crippen MR) is 98.0 cm³/mol. The smallest absolute Gasteiger partial charge is 0.315 e. The van der Waals surface area contributed by atoms with Gasteiger partial charge in [-0.2, -0.15) is 0 Å². The second-order valence-electron chi connectivity index (χ2n) is 7.04. The second kappa shape index (κ2) is 8.13. The molecule has 0 saturated heterocycles. The quantitative estimate of drug-likeness (QED) is 0.579. The van der Waals surface area contributed by atoms with Gasteiger partial charge in [0.05, 0.1) is 0 Å². The standard InChI is InChI=1S/C20H24ClNO3/c1-13-19(20(24)25-16-9-4-2-3-5-10-16)17(12-18(23)22-13)14-7-6-8-15(21)11-14/h6-8,11,16-17,19H,2-5,9-10,12H2,1H3. The lowest BCUT2D eigenvalue weighted by molar-refractivity contribution is -0.153. The molecule has 2 aliphatic rings. The molecule has 1 fully saturated rings. The molecule has 1 aromatic rings. The number of esters is 1. The van der Waals surface area contributed by atoms with E-state index in [4.69, 9.17) is 16.3 Å². The summed E-state index contributed by atoms with van der Waals surface area (Å²) in [4.78, 5) is 28.9. The largest absolute Gasteiger partial charge is 0.462 e. The Balaban J connectivity index is 1.82. The van der Waals surface area contributed by atoms with Crippen LogP contribution < -0.4 is 0 Å². The van der Waals surface area contributed by atoms with Gasteiger partial charge in [-0.05, 0) is 50.3 Å². The number of hydrogen-bond donors (Lipinski definition) is 0. The van der Waals surface area contributed by atoms with Crippen molar-refractivity contribution in [1.82, 2.24) is 0 Å². The molecule has 25 heavy (non-hydrogen) atoms. The van der Waals surface area contributed by atoms with E-state index in [1.165, 1.54) is 12.8 Å². The molecule has 0 bridgehead atoms. The zero-order valence-electron chi connectivity index (χ0n) is 14.5. The fourth-order valence-electron chi connectivity index (χ4n) is 3.89. The Morgan fingerprint density at radius 2 is 1.92 bits per heavy atom. The molecular weight excluding hydrogens is 338 g/mol. The topological polar surface area (TPSA) is 55.7 Å². The maximum atomic E-state index is 12.9. The van der Waals surface area contributed by atoms with Crippen LogP contribution in [0, 0.1) is 5.92 Å². The minimum atomic E-state index is -0.514. The van der Waals surface area contributed by atoms with Gasteiger partial charge in [0.2, 0.25) is 5.91 Å². The predicted octanol–water partition coefficient (Wildman–Crippen LogP) is 4.70. The van der Waals surface area contributed by atoms with Gasteiger partial charge >= 0.3 is 5.97 Å². The molecule has 134 valence electrons. The van der Waals surface area contributed by atoms with Crippen LogP contribution >= 0.6 is 11.6 Å². The highest BCUT2D eigenvalue weighted by Crippen LogP contribution is 2.35. The number of ether oxygens (including phenoxy) is 1. The third-order valence-corrected chi connectivity index (χ3v) is 5.40. The van der Waals surface area contributed by atoms with E-state index in [1.54, 1.807) is 13.0 Å². The van der Waals surface area contributed by atoms with E-state index in [0.717, 1.165) is 31.2 Å². The first-order valence-corrected chi connectivity index (χ1v) is 9.46. The summed E-state index contributed by atoms with van der Waals surface area (Å²) >= 11 is 6.11. The molecule has 1 aliphatic carbocycles. The van der Waals surface area contributed by atoms with Crippen LogP contribution in [0.2, 0.25) is 5.02 Å². The minimum absolute atomic E-state index is 0.0135. The number of halogens is 1. The Labute approximate surface area is 153 Å². The van der Waals surface area contributed by atoms with Crippen LogP contribution in [0.1, 0.15) is 63.4 Å². The third-order valence-electron chi connectivity index (χ3n) is 5.16. The van der Waals surface area contributed by atoms with Crippen molar-refractivity contribution in [3.8, 4) is 0 Å². The van der Waals surface area contributed by atoms with Gasteiger partial charge in [-0.15, -0.1) is 0 Å². The van der Waals surface area contributed by atoms with Crippen LogP contribution in [0.15, 0.2) is 29.3 Å². The van der Waals surface area contributed by atoms with Gasteiger partial charge in [0.1, 0.15) is 12.0 Å². The monoisotopic (exact) mass is 361 g/mol. The van der Waals surface area contributed by atoms with E-state index < -0.39 is 5.92 Å². The molecule has 0 spiro atoms. The number of aliphatic imine (C=N–C) groups is 1. The van der Waals surface area contributed by atoms with Gasteiger partial charge in [-0.25, -0.2) is 4.99 Å². The Morgan fingerprint density at radius 1 is 1.20 bits per heavy atom. The van der Waals surface area contributed by atoms with Gasteiger partial charge in [0.25, 0.3) is 0 Å². The summed E-state index contributed by atoms with van der Waals surface area (Å²) in [6.45, 7) is 1.74. The van der Waals surface area contributed by atoms with Crippen LogP contribution in [0.4, 0.5) is 0 Å². The molecule has 1 aromatic carbocycles. The highest BCUT2D eigenvalue weighted by atomic mass is 35.5. The van der Waals surface area contributed by atoms with Crippen LogP contribution in [-0.4, -0.2) is 23.7 Å². The van der Waals surface area contributed by atoms with Gasteiger partial charge in [0.15, 0.2) is 0 Å². The number of amides is 1. The van der Waals surface area contributed by atoms with E-state index in [0.29, 0.717) is 10.7 Å². The summed E-state index contributed by atoms with van der Waals surface area (Å²) in [6, 6.07) is 7.37. The molecule has 2 atom stereocenters. The highest BCUT2D eigenvalue weighted by molar-refractivity contribution is 6.30. The number of carbonyl (C=O) groups excluding carboxylic acids is 2. The van der Waals surface area contributed by atoms with E-state index in [9.17, 15) is 9.59 Å². The maximum Gasteiger partial charge on any atom is 0.315 e. The first kappa shape index (κ1) is 18.1. The summed E-state index contributed by atoms with van der Waals surface area (Å²) in [6.07, 6.45) is 6.67. The molecule has 0 radical (unpaired) electrons. The average molecular weight is 362 g/mol. The second-order valence-corrected chi connectivity index (χ2v) is 7.48. The van der Waals surface area contributed by atoms with Gasteiger partial charge in [0, 0.05) is 23.1 Å². The number of hydrogen-bond acceptors (Lipinski definition) is 3. The van der Waals surface area contributed by atoms with E-state index in [-0.39, 0.29) is 30.3 Å². The average Bonchev–Trinajstić information content (AvgIpc) is 2.82. The molecular formula is C20H24ClNO3. The van der Waals surface area contributed by atoms with Crippen molar-refractivity contribution >= 4 is 29.2 Å². The Hall–Kier alpha value is -1.68. The van der Waals surface area contributed by atoms with Crippen molar-refractivity contribution in [2.75, 3.05) is 0 Å². The summed E-state index contributed by atoms with van der Waals surface area (Å²) in [5.41, 5.74) is 1.43. The number of benzene rings is 1. The van der Waals surface area contributed by atoms with Crippen molar-refractivity contribution in [3.63, 3.8) is 0 Å². The van der Waals surface area contributed by atoms with Crippen LogP contribution in [0.5, 0.6) is 0 Å². The lowest BCUT2D eigenvalue weighted by Gasteiger charge is -2.30. The van der Waals surface area contributed by atoms with Gasteiger partial charge in [-0.3, -0.25) is 9.59 Å². The molecule has 3 rings (SSSR count). The first-order chi connectivity index (χ1) is 12.0. The zero-order chi connectivity index (χ0) is 17.8. The minimum Gasteiger partial charge on any atom is -0.462 e. The lowest BCUT2D eigenvalue weighted by Crippen LogP contribution is -2.37. The van der Waals surface area contributed by atoms with Crippen molar-refractivity contribution in [2.45, 2.75) is 63.9 Å². The molecule has 1 aliphatic heterocycles. The molecule has 4 nitrogen and oxygen atoms in total. The summed E-state index contributed by atoms with van der Waals surface area (Å²) in [5, 5.41) is 0.598. The van der Waals surface area contributed by atoms with E-state index in [1.807, 2.05) is 18.2 Å². The van der Waals surface area contributed by atoms with Crippen LogP contribution in [0.25, 0.3) is 0 Å². The van der Waals surface area contributed by atoms with Gasteiger partial charge in [-0.1, -0.05) is 36.6 Å². The zero-order valence-corrected chi connectivity index (χ0v) is 15.3. The number of carbonyl (C=O) groups is 2. The van der Waals surface area contributed by atoms with Crippen molar-refractivity contribution in [3.05, 3.63) is 34.9 Å². The summed E-state index contributed by atoms with van der Waals surface area (Å²) in [5.74, 6) is -1.23. The Kier molecular flexibility index (Phi) is 5.89. The number of nitrogens with zero attached hydrogens (tertiary/aromatic N) is 1.